The van der Waals surface area contributed by atoms with Crippen LogP contribution in [0.4, 0.5) is 4.79 Å². The average molecular weight is 483 g/mol. The predicted molar refractivity (Wildman–Crippen MR) is 127 cm³/mol. The maximum absolute atomic E-state index is 13.2. The van der Waals surface area contributed by atoms with E-state index >= 15 is 0 Å². The van der Waals surface area contributed by atoms with E-state index < -0.39 is 6.04 Å². The number of allylic oxidation sites excluding steroid dienone is 1. The third kappa shape index (κ3) is 4.14. The molecule has 2 aliphatic heterocycles. The summed E-state index contributed by atoms with van der Waals surface area (Å²) in [5.41, 5.74) is 2.30. The third-order valence-electron chi connectivity index (χ3n) is 6.15. The van der Waals surface area contributed by atoms with Crippen molar-refractivity contribution in [3.8, 4) is 22.2 Å². The SMILES string of the molecule is COc1ccc(C2NC(=O)N(CC3CCCO3)C(C)=C2c2nc(-c3cccs3)no2)cc1OC. The molecule has 2 amide bonds. The maximum atomic E-state index is 13.2. The zero-order valence-corrected chi connectivity index (χ0v) is 20.1. The Morgan fingerprint density at radius 2 is 2.09 bits per heavy atom. The van der Waals surface area contributed by atoms with Gasteiger partial charge in [0.15, 0.2) is 11.5 Å². The van der Waals surface area contributed by atoms with Gasteiger partial charge in [-0.3, -0.25) is 4.90 Å². The van der Waals surface area contributed by atoms with Crippen LogP contribution in [0.1, 0.15) is 37.3 Å². The second-order valence-electron chi connectivity index (χ2n) is 8.14. The second-order valence-corrected chi connectivity index (χ2v) is 9.09. The van der Waals surface area contributed by atoms with Crippen LogP contribution in [-0.4, -0.2) is 54.5 Å². The van der Waals surface area contributed by atoms with Gasteiger partial charge in [0.05, 0.1) is 43.4 Å². The van der Waals surface area contributed by atoms with Gasteiger partial charge in [0, 0.05) is 12.3 Å². The van der Waals surface area contributed by atoms with Gasteiger partial charge in [0.2, 0.25) is 5.82 Å². The van der Waals surface area contributed by atoms with Gasteiger partial charge in [-0.05, 0) is 48.9 Å². The highest BCUT2D eigenvalue weighted by molar-refractivity contribution is 7.13. The first-order chi connectivity index (χ1) is 16.6. The fourth-order valence-electron chi connectivity index (χ4n) is 4.39. The number of hydrogen-bond acceptors (Lipinski definition) is 8. The summed E-state index contributed by atoms with van der Waals surface area (Å²) in [6.45, 7) is 3.09. The summed E-state index contributed by atoms with van der Waals surface area (Å²) in [5, 5.41) is 9.28. The molecule has 2 unspecified atom stereocenters. The highest BCUT2D eigenvalue weighted by Gasteiger charge is 2.37. The topological polar surface area (TPSA) is 99.0 Å². The third-order valence-corrected chi connectivity index (χ3v) is 7.01. The maximum Gasteiger partial charge on any atom is 0.322 e. The molecule has 178 valence electrons. The fraction of sp³-hybridized carbons (Fsp3) is 0.375. The van der Waals surface area contributed by atoms with Gasteiger partial charge in [-0.2, -0.15) is 4.98 Å². The number of carbonyl (C=O) groups is 1. The van der Waals surface area contributed by atoms with E-state index in [9.17, 15) is 4.79 Å². The summed E-state index contributed by atoms with van der Waals surface area (Å²) in [6, 6.07) is 8.74. The van der Waals surface area contributed by atoms with Crippen LogP contribution in [0.15, 0.2) is 45.9 Å². The van der Waals surface area contributed by atoms with Crippen molar-refractivity contribution in [2.45, 2.75) is 31.9 Å². The number of hydrogen-bond donors (Lipinski definition) is 1. The zero-order chi connectivity index (χ0) is 23.7. The first kappa shape index (κ1) is 22.4. The Hall–Kier alpha value is -3.37. The van der Waals surface area contributed by atoms with Crippen molar-refractivity contribution in [2.24, 2.45) is 0 Å². The highest BCUT2D eigenvalue weighted by Crippen LogP contribution is 2.40. The van der Waals surface area contributed by atoms with Gasteiger partial charge in [-0.15, -0.1) is 11.3 Å². The smallest absolute Gasteiger partial charge is 0.322 e. The molecule has 3 aromatic rings. The minimum Gasteiger partial charge on any atom is -0.493 e. The minimum atomic E-state index is -0.510. The first-order valence-corrected chi connectivity index (χ1v) is 12.0. The normalized spacial score (nSPS) is 20.6. The van der Waals surface area contributed by atoms with Crippen molar-refractivity contribution >= 4 is 22.9 Å². The molecule has 2 atom stereocenters. The van der Waals surface area contributed by atoms with Crippen molar-refractivity contribution in [1.29, 1.82) is 0 Å². The van der Waals surface area contributed by atoms with Crippen LogP contribution in [0.5, 0.6) is 11.5 Å². The molecule has 1 fully saturated rings. The average Bonchev–Trinajstić information content (AvgIpc) is 3.63. The Labute approximate surface area is 201 Å². The number of methoxy groups -OCH3 is 2. The van der Waals surface area contributed by atoms with E-state index in [1.54, 1.807) is 19.1 Å². The Morgan fingerprint density at radius 1 is 1.24 bits per heavy atom. The monoisotopic (exact) mass is 482 g/mol. The molecule has 5 rings (SSSR count). The van der Waals surface area contributed by atoms with Gasteiger partial charge >= 0.3 is 6.03 Å². The highest BCUT2D eigenvalue weighted by atomic mass is 32.1. The largest absolute Gasteiger partial charge is 0.493 e. The molecule has 0 radical (unpaired) electrons. The van der Waals surface area contributed by atoms with Crippen LogP contribution < -0.4 is 14.8 Å². The van der Waals surface area contributed by atoms with Crippen LogP contribution in [-0.2, 0) is 4.74 Å². The Morgan fingerprint density at radius 3 is 2.79 bits per heavy atom. The molecule has 1 N–H and O–H groups in total. The lowest BCUT2D eigenvalue weighted by molar-refractivity contribution is 0.0877. The summed E-state index contributed by atoms with van der Waals surface area (Å²) in [4.78, 5) is 20.5. The number of nitrogens with one attached hydrogen (secondary N) is 1. The molecule has 0 bridgehead atoms. The quantitative estimate of drug-likeness (QED) is 0.530. The van der Waals surface area contributed by atoms with E-state index in [0.29, 0.717) is 29.8 Å². The number of aromatic nitrogens is 2. The number of ether oxygens (including phenoxy) is 3. The molecule has 34 heavy (non-hydrogen) atoms. The van der Waals surface area contributed by atoms with Crippen molar-refractivity contribution in [1.82, 2.24) is 20.4 Å². The van der Waals surface area contributed by atoms with Crippen LogP contribution in [0.3, 0.4) is 0 Å². The lowest BCUT2D eigenvalue weighted by Crippen LogP contribution is -2.48. The summed E-state index contributed by atoms with van der Waals surface area (Å²) in [7, 11) is 3.17. The number of carbonyl (C=O) groups excluding carboxylic acids is 1. The van der Waals surface area contributed by atoms with Crippen LogP contribution in [0.25, 0.3) is 16.3 Å². The molecule has 1 saturated heterocycles. The van der Waals surface area contributed by atoms with Crippen LogP contribution in [0.2, 0.25) is 0 Å². The van der Waals surface area contributed by atoms with Gasteiger partial charge < -0.3 is 24.1 Å². The second kappa shape index (κ2) is 9.47. The number of benzene rings is 1. The van der Waals surface area contributed by atoms with Gasteiger partial charge in [-0.25, -0.2) is 4.79 Å². The van der Waals surface area contributed by atoms with Crippen molar-refractivity contribution < 1.29 is 23.5 Å². The summed E-state index contributed by atoms with van der Waals surface area (Å²) >= 11 is 1.54. The standard InChI is InChI=1S/C24H26N4O5S/c1-14-20(23-26-22(27-33-23)19-7-5-11-34-19)21(15-8-9-17(30-2)18(12-15)31-3)25-24(29)28(14)13-16-6-4-10-32-16/h5,7-9,11-12,16,21H,4,6,10,13H2,1-3H3,(H,25,29). The van der Waals surface area contributed by atoms with E-state index in [2.05, 4.69) is 15.5 Å². The van der Waals surface area contributed by atoms with E-state index in [-0.39, 0.29) is 12.1 Å². The summed E-state index contributed by atoms with van der Waals surface area (Å²) in [5.74, 6) is 2.04. The Kier molecular flexibility index (Phi) is 6.25. The van der Waals surface area contributed by atoms with E-state index in [1.807, 2.05) is 42.6 Å². The van der Waals surface area contributed by atoms with Gasteiger partial charge in [0.25, 0.3) is 5.89 Å². The number of rotatable bonds is 7. The molecule has 0 spiro atoms. The molecular formula is C24H26N4O5S. The Bertz CT molecular complexity index is 1200. The first-order valence-electron chi connectivity index (χ1n) is 11.1. The van der Waals surface area contributed by atoms with Crippen molar-refractivity contribution in [3.63, 3.8) is 0 Å². The van der Waals surface area contributed by atoms with Crippen molar-refractivity contribution in [3.05, 3.63) is 52.9 Å². The molecule has 2 aliphatic rings. The molecule has 2 aromatic heterocycles. The van der Waals surface area contributed by atoms with Gasteiger partial charge in [0.1, 0.15) is 0 Å². The molecular weight excluding hydrogens is 456 g/mol. The minimum absolute atomic E-state index is 0.00365. The zero-order valence-electron chi connectivity index (χ0n) is 19.2. The van der Waals surface area contributed by atoms with E-state index in [1.165, 1.54) is 11.3 Å². The molecule has 0 aliphatic carbocycles. The lowest BCUT2D eigenvalue weighted by atomic mass is 9.94. The number of nitrogens with zero attached hydrogens (tertiary/aromatic N) is 3. The lowest BCUT2D eigenvalue weighted by Gasteiger charge is -2.36. The molecule has 9 nitrogen and oxygen atoms in total. The predicted octanol–water partition coefficient (Wildman–Crippen LogP) is 4.49. The van der Waals surface area contributed by atoms with Crippen LogP contribution >= 0.6 is 11.3 Å². The molecule has 4 heterocycles. The molecule has 1 aromatic carbocycles. The van der Waals surface area contributed by atoms with Crippen LogP contribution in [0, 0.1) is 0 Å². The fourth-order valence-corrected chi connectivity index (χ4v) is 5.04. The van der Waals surface area contributed by atoms with Gasteiger partial charge in [-0.1, -0.05) is 17.3 Å². The van der Waals surface area contributed by atoms with Crippen molar-refractivity contribution in [2.75, 3.05) is 27.4 Å². The summed E-state index contributed by atoms with van der Waals surface area (Å²) < 4.78 is 22.4. The Balaban J connectivity index is 1.59. The summed E-state index contributed by atoms with van der Waals surface area (Å²) in [6.07, 6.45) is 1.93. The molecule has 0 saturated carbocycles. The molecule has 10 heteroatoms. The van der Waals surface area contributed by atoms with E-state index in [4.69, 9.17) is 18.7 Å². The number of thiophene rings is 1. The van der Waals surface area contributed by atoms with E-state index in [0.717, 1.165) is 41.2 Å². The number of amides is 2. The number of urea groups is 1.